The van der Waals surface area contributed by atoms with Crippen LogP contribution in [-0.2, 0) is 7.05 Å². The summed E-state index contributed by atoms with van der Waals surface area (Å²) in [5.41, 5.74) is 3.61. The van der Waals surface area contributed by atoms with Gasteiger partial charge in [0, 0.05) is 13.5 Å². The topological polar surface area (TPSA) is 7.12 Å². The highest BCUT2D eigenvalue weighted by atomic mass is 15.0. The van der Waals surface area contributed by atoms with Crippen molar-refractivity contribution in [1.29, 1.82) is 0 Å². The lowest BCUT2D eigenvalue weighted by molar-refractivity contribution is -0.654. The zero-order valence-corrected chi connectivity index (χ0v) is 14.1. The zero-order chi connectivity index (χ0) is 16.8. The normalized spacial score (nSPS) is 15.3. The number of hydrogen-bond acceptors (Lipinski definition) is 1. The molecule has 0 unspecified atom stereocenters. The van der Waals surface area contributed by atoms with Crippen LogP contribution in [0.5, 0.6) is 0 Å². The van der Waals surface area contributed by atoms with Gasteiger partial charge in [-0.25, -0.2) is 4.57 Å². The fraction of sp³-hybridized carbons (Fsp3) is 0.316. The third-order valence-corrected chi connectivity index (χ3v) is 4.59. The van der Waals surface area contributed by atoms with E-state index in [-0.39, 0.29) is 6.85 Å². The lowest BCUT2D eigenvalue weighted by Gasteiger charge is -2.26. The molecule has 0 amide bonds. The highest BCUT2D eigenvalue weighted by Gasteiger charge is 2.33. The van der Waals surface area contributed by atoms with Gasteiger partial charge in [-0.05, 0) is 42.1 Å². The van der Waals surface area contributed by atoms with Crippen LogP contribution in [0.2, 0.25) is 0 Å². The van der Waals surface area contributed by atoms with Gasteiger partial charge in [0.05, 0.1) is 0 Å². The number of benzene rings is 1. The minimum absolute atomic E-state index is 0.192. The third kappa shape index (κ3) is 2.45. The van der Waals surface area contributed by atoms with Gasteiger partial charge in [0.15, 0.2) is 11.8 Å². The minimum Gasteiger partial charge on any atom is -0.410 e. The second-order valence-electron chi connectivity index (χ2n) is 6.42. The quantitative estimate of drug-likeness (QED) is 0.590. The molecule has 0 spiro atoms. The molecule has 3 heteroatoms. The number of aromatic nitrogens is 1. The van der Waals surface area contributed by atoms with Crippen LogP contribution in [-0.4, -0.2) is 18.7 Å². The molecule has 3 rings (SSSR count). The Labute approximate surface area is 134 Å². The van der Waals surface area contributed by atoms with Gasteiger partial charge in [0.2, 0.25) is 0 Å². The SMILES string of the molecule is [2H]C(C)(C)c1cc[n+](C)c(B2C(C)=c3ccccc3=CN2C)c1. The Morgan fingerprint density at radius 1 is 1.23 bits per heavy atom. The summed E-state index contributed by atoms with van der Waals surface area (Å²) in [7, 11) is 4.21. The van der Waals surface area contributed by atoms with Crippen LogP contribution in [0.3, 0.4) is 0 Å². The predicted molar refractivity (Wildman–Crippen MR) is 94.1 cm³/mol. The van der Waals surface area contributed by atoms with Crippen LogP contribution in [0.15, 0.2) is 42.6 Å². The van der Waals surface area contributed by atoms with E-state index in [1.807, 2.05) is 19.9 Å². The molecule has 0 fully saturated rings. The fourth-order valence-electron chi connectivity index (χ4n) is 3.32. The lowest BCUT2D eigenvalue weighted by atomic mass is 9.49. The number of nitrogens with zero attached hydrogens (tertiary/aromatic N) is 2. The molecule has 1 aliphatic rings. The van der Waals surface area contributed by atoms with Crippen LogP contribution < -0.4 is 20.6 Å². The molecule has 2 aromatic rings. The summed E-state index contributed by atoms with van der Waals surface area (Å²) in [5, 5.41) is 2.58. The van der Waals surface area contributed by atoms with E-state index in [2.05, 4.69) is 73.1 Å². The second-order valence-corrected chi connectivity index (χ2v) is 6.42. The molecule has 2 nitrogen and oxygen atoms in total. The molecule has 112 valence electrons. The van der Waals surface area contributed by atoms with Crippen molar-refractivity contribution in [2.24, 2.45) is 7.05 Å². The number of hydrogen-bond donors (Lipinski definition) is 0. The molecule has 0 aliphatic carbocycles. The first-order valence-electron chi connectivity index (χ1n) is 8.29. The molecule has 22 heavy (non-hydrogen) atoms. The Morgan fingerprint density at radius 3 is 2.68 bits per heavy atom. The molecule has 0 bridgehead atoms. The molecular formula is C19H24BN2+. The second kappa shape index (κ2) is 5.64. The molecule has 0 atom stereocenters. The molecule has 1 aromatic heterocycles. The first-order chi connectivity index (χ1) is 10.8. The molecule has 0 saturated carbocycles. The maximum absolute atomic E-state index is 8.33. The number of fused-ring (bicyclic) bond motifs is 1. The van der Waals surface area contributed by atoms with Crippen molar-refractivity contribution in [3.63, 3.8) is 0 Å². The van der Waals surface area contributed by atoms with E-state index < -0.39 is 5.89 Å². The average Bonchev–Trinajstić information content (AvgIpc) is 2.48. The van der Waals surface area contributed by atoms with Gasteiger partial charge in [-0.1, -0.05) is 43.6 Å². The fourth-order valence-corrected chi connectivity index (χ4v) is 3.32. The standard InChI is InChI=1S/C19H24BN2/c1-14(2)16-10-11-21(4)19(12-16)20-15(3)18-9-7-6-8-17(18)13-22(20)5/h6-14H,1-5H3/q+1/i14D. The van der Waals surface area contributed by atoms with E-state index in [1.54, 1.807) is 0 Å². The summed E-state index contributed by atoms with van der Waals surface area (Å²) < 4.78 is 10.5. The van der Waals surface area contributed by atoms with E-state index in [9.17, 15) is 0 Å². The van der Waals surface area contributed by atoms with Gasteiger partial charge in [0.1, 0.15) is 7.05 Å². The lowest BCUT2D eigenvalue weighted by Crippen LogP contribution is -2.62. The van der Waals surface area contributed by atoms with E-state index in [4.69, 9.17) is 1.37 Å². The summed E-state index contributed by atoms with van der Waals surface area (Å²) in [6, 6.07) is 12.8. The summed E-state index contributed by atoms with van der Waals surface area (Å²) in [6.07, 6.45) is 4.29. The highest BCUT2D eigenvalue weighted by molar-refractivity contribution is 6.85. The Bertz CT molecular complexity index is 868. The average molecular weight is 292 g/mol. The molecule has 0 saturated heterocycles. The molecule has 0 N–H and O–H groups in total. The van der Waals surface area contributed by atoms with Crippen molar-refractivity contribution in [3.8, 4) is 0 Å². The van der Waals surface area contributed by atoms with Gasteiger partial charge in [-0.2, -0.15) is 0 Å². The van der Waals surface area contributed by atoms with Crippen molar-refractivity contribution in [1.82, 2.24) is 4.81 Å². The van der Waals surface area contributed by atoms with Crippen LogP contribution in [0, 0.1) is 0 Å². The van der Waals surface area contributed by atoms with Crippen molar-refractivity contribution in [3.05, 3.63) is 58.6 Å². The predicted octanol–water partition coefficient (Wildman–Crippen LogP) is 0.926. The van der Waals surface area contributed by atoms with Crippen molar-refractivity contribution >= 4 is 24.1 Å². The van der Waals surface area contributed by atoms with Crippen molar-refractivity contribution in [2.75, 3.05) is 7.05 Å². The number of pyridine rings is 1. The molecule has 1 aromatic carbocycles. The molecule has 1 aliphatic heterocycles. The van der Waals surface area contributed by atoms with Crippen molar-refractivity contribution in [2.45, 2.75) is 26.7 Å². The smallest absolute Gasteiger partial charge is 0.399 e. The largest absolute Gasteiger partial charge is 0.410 e. The Kier molecular flexibility index (Phi) is 3.49. The summed E-state index contributed by atoms with van der Waals surface area (Å²) in [5.74, 6) is -0.591. The Hall–Kier alpha value is -2.03. The van der Waals surface area contributed by atoms with Gasteiger partial charge >= 0.3 is 6.85 Å². The monoisotopic (exact) mass is 292 g/mol. The van der Waals surface area contributed by atoms with Crippen LogP contribution >= 0.6 is 0 Å². The number of rotatable bonds is 2. The maximum atomic E-state index is 8.33. The first kappa shape index (κ1) is 13.6. The van der Waals surface area contributed by atoms with E-state index in [0.717, 1.165) is 5.56 Å². The summed E-state index contributed by atoms with van der Waals surface area (Å²) in [6.45, 7) is 6.28. The zero-order valence-electron chi connectivity index (χ0n) is 15.1. The molecule has 2 heterocycles. The maximum Gasteiger partial charge on any atom is 0.399 e. The van der Waals surface area contributed by atoms with Crippen LogP contribution in [0.25, 0.3) is 11.7 Å². The third-order valence-electron chi connectivity index (χ3n) is 4.59. The van der Waals surface area contributed by atoms with Gasteiger partial charge < -0.3 is 4.81 Å². The first-order valence-corrected chi connectivity index (χ1v) is 7.79. The summed E-state index contributed by atoms with van der Waals surface area (Å²) >= 11 is 0. The van der Waals surface area contributed by atoms with Gasteiger partial charge in [-0.15, -0.1) is 0 Å². The van der Waals surface area contributed by atoms with Gasteiger partial charge in [0.25, 0.3) is 0 Å². The minimum atomic E-state index is -0.591. The van der Waals surface area contributed by atoms with E-state index >= 15 is 0 Å². The van der Waals surface area contributed by atoms with E-state index in [0.29, 0.717) is 0 Å². The molecular weight excluding hydrogens is 267 g/mol. The van der Waals surface area contributed by atoms with Crippen LogP contribution in [0.1, 0.15) is 33.6 Å². The Morgan fingerprint density at radius 2 is 1.95 bits per heavy atom. The van der Waals surface area contributed by atoms with Gasteiger partial charge in [-0.3, -0.25) is 0 Å². The van der Waals surface area contributed by atoms with Crippen LogP contribution in [0.4, 0.5) is 0 Å². The van der Waals surface area contributed by atoms with E-state index in [1.165, 1.54) is 21.5 Å². The molecule has 0 radical (unpaired) electrons. The number of aryl methyl sites for hydroxylation is 1. The summed E-state index contributed by atoms with van der Waals surface area (Å²) in [4.78, 5) is 2.27. The highest BCUT2D eigenvalue weighted by Crippen LogP contribution is 2.13. The Balaban J connectivity index is 2.22. The van der Waals surface area contributed by atoms with Crippen molar-refractivity contribution < 1.29 is 5.94 Å².